The number of rotatable bonds is 2. The van der Waals surface area contributed by atoms with Gasteiger partial charge in [0, 0.05) is 13.0 Å². The Labute approximate surface area is 183 Å². The number of hydrogen-bond acceptors (Lipinski definition) is 4. The maximum Gasteiger partial charge on any atom is 0.302 e. The number of nitrogens with zero attached hydrogens (tertiary/aromatic N) is 1. The van der Waals surface area contributed by atoms with Crippen LogP contribution in [0.5, 0.6) is 0 Å². The summed E-state index contributed by atoms with van der Waals surface area (Å²) in [6, 6.07) is 0.379. The van der Waals surface area contributed by atoms with E-state index in [-0.39, 0.29) is 23.6 Å². The SMILES string of the molecule is CC(=O)O[C@@H]1CC[C@@H]2CC[C@@H]3[C@H](CC[C@]4(C)[C@@H](O)[C@@H](N5CCCCC5)C[C@@H]34)[C@@]2(C)C1. The van der Waals surface area contributed by atoms with Gasteiger partial charge in [0.2, 0.25) is 0 Å². The molecule has 5 rings (SSSR count). The van der Waals surface area contributed by atoms with Crippen molar-refractivity contribution in [2.75, 3.05) is 13.1 Å². The number of esters is 1. The van der Waals surface area contributed by atoms with Crippen LogP contribution in [0.1, 0.15) is 91.4 Å². The first-order valence-corrected chi connectivity index (χ1v) is 12.9. The number of carbonyl (C=O) groups excluding carboxylic acids is 1. The van der Waals surface area contributed by atoms with Crippen molar-refractivity contribution in [3.05, 3.63) is 0 Å². The van der Waals surface area contributed by atoms with Gasteiger partial charge in [-0.15, -0.1) is 0 Å². The van der Waals surface area contributed by atoms with Crippen molar-refractivity contribution in [1.29, 1.82) is 0 Å². The second-order valence-corrected chi connectivity index (χ2v) is 12.1. The van der Waals surface area contributed by atoms with Crippen molar-refractivity contribution in [3.63, 3.8) is 0 Å². The molecule has 4 saturated carbocycles. The van der Waals surface area contributed by atoms with Crippen LogP contribution in [0.2, 0.25) is 0 Å². The highest BCUT2D eigenvalue weighted by Crippen LogP contribution is 2.66. The van der Waals surface area contributed by atoms with Gasteiger partial charge < -0.3 is 9.84 Å². The van der Waals surface area contributed by atoms with Gasteiger partial charge in [0.25, 0.3) is 0 Å². The molecule has 1 N–H and O–H groups in total. The number of fused-ring (bicyclic) bond motifs is 5. The third kappa shape index (κ3) is 3.27. The van der Waals surface area contributed by atoms with Gasteiger partial charge in [-0.25, -0.2) is 0 Å². The second-order valence-electron chi connectivity index (χ2n) is 12.1. The summed E-state index contributed by atoms with van der Waals surface area (Å²) in [5.41, 5.74) is 0.396. The second kappa shape index (κ2) is 7.76. The number of aliphatic hydroxyl groups is 1. The number of ether oxygens (including phenoxy) is 1. The minimum Gasteiger partial charge on any atom is -0.463 e. The molecule has 170 valence electrons. The van der Waals surface area contributed by atoms with Gasteiger partial charge in [-0.2, -0.15) is 0 Å². The Hall–Kier alpha value is -0.610. The van der Waals surface area contributed by atoms with Crippen LogP contribution >= 0.6 is 0 Å². The summed E-state index contributed by atoms with van der Waals surface area (Å²) in [6.45, 7) is 8.87. The average Bonchev–Trinajstić information content (AvgIpc) is 2.99. The summed E-state index contributed by atoms with van der Waals surface area (Å²) in [4.78, 5) is 14.3. The summed E-state index contributed by atoms with van der Waals surface area (Å²) in [5.74, 6) is 2.81. The van der Waals surface area contributed by atoms with Gasteiger partial charge in [-0.1, -0.05) is 20.3 Å². The molecule has 30 heavy (non-hydrogen) atoms. The summed E-state index contributed by atoms with van der Waals surface area (Å²) in [7, 11) is 0. The molecule has 0 aromatic rings. The Balaban J connectivity index is 1.37. The van der Waals surface area contributed by atoms with Crippen LogP contribution in [0.4, 0.5) is 0 Å². The molecule has 1 saturated heterocycles. The molecule has 4 nitrogen and oxygen atoms in total. The number of aliphatic hydroxyl groups excluding tert-OH is 1. The first-order valence-electron chi connectivity index (χ1n) is 12.9. The summed E-state index contributed by atoms with van der Waals surface area (Å²) in [6.07, 6.45) is 13.5. The molecule has 1 heterocycles. The van der Waals surface area contributed by atoms with Crippen LogP contribution < -0.4 is 0 Å². The van der Waals surface area contributed by atoms with Gasteiger partial charge >= 0.3 is 5.97 Å². The van der Waals surface area contributed by atoms with Crippen molar-refractivity contribution >= 4 is 5.97 Å². The third-order valence-corrected chi connectivity index (χ3v) is 10.7. The molecule has 0 radical (unpaired) electrons. The lowest BCUT2D eigenvalue weighted by atomic mass is 9.45. The van der Waals surface area contributed by atoms with Crippen molar-refractivity contribution in [2.24, 2.45) is 34.5 Å². The highest BCUT2D eigenvalue weighted by atomic mass is 16.5. The molecule has 4 aliphatic carbocycles. The maximum atomic E-state index is 11.6. The molecule has 0 amide bonds. The molecule has 0 aromatic heterocycles. The lowest BCUT2D eigenvalue weighted by Gasteiger charge is -2.60. The molecule has 5 aliphatic rings. The van der Waals surface area contributed by atoms with Gasteiger partial charge in [-0.3, -0.25) is 9.69 Å². The van der Waals surface area contributed by atoms with Crippen LogP contribution in [0.3, 0.4) is 0 Å². The normalized spacial score (nSPS) is 51.5. The molecule has 0 spiro atoms. The van der Waals surface area contributed by atoms with E-state index in [0.717, 1.165) is 30.6 Å². The highest BCUT2D eigenvalue weighted by Gasteiger charge is 2.63. The predicted molar refractivity (Wildman–Crippen MR) is 118 cm³/mol. The lowest BCUT2D eigenvalue weighted by molar-refractivity contribution is -0.164. The average molecular weight is 418 g/mol. The minimum atomic E-state index is -0.160. The fourth-order valence-corrected chi connectivity index (χ4v) is 9.23. The summed E-state index contributed by atoms with van der Waals surface area (Å²) >= 11 is 0. The standard InChI is InChI=1S/C26H43NO3/c1-17(28)30-19-9-7-18-8-10-20-21(26(18,3)16-19)11-12-25(2)22(20)15-23(24(25)29)27-13-5-4-6-14-27/h18-24,29H,4-16H2,1-3H3/t18-,19-,20-,21+,22+,23+,24+,25+,26+/m1/s1. The minimum absolute atomic E-state index is 0.0937. The molecule has 4 heteroatoms. The Bertz CT molecular complexity index is 661. The van der Waals surface area contributed by atoms with Gasteiger partial charge in [0.1, 0.15) is 6.10 Å². The Kier molecular flexibility index (Phi) is 5.50. The van der Waals surface area contributed by atoms with E-state index in [1.807, 2.05) is 0 Å². The molecular weight excluding hydrogens is 374 g/mol. The van der Waals surface area contributed by atoms with E-state index >= 15 is 0 Å². The van der Waals surface area contributed by atoms with E-state index in [1.54, 1.807) is 6.92 Å². The lowest BCUT2D eigenvalue weighted by Crippen LogP contribution is -2.55. The summed E-state index contributed by atoms with van der Waals surface area (Å²) in [5, 5.41) is 11.5. The highest BCUT2D eigenvalue weighted by molar-refractivity contribution is 5.66. The van der Waals surface area contributed by atoms with Crippen molar-refractivity contribution in [1.82, 2.24) is 4.90 Å². The first kappa shape index (κ1) is 21.2. The summed E-state index contributed by atoms with van der Waals surface area (Å²) < 4.78 is 5.72. The first-order chi connectivity index (χ1) is 14.3. The van der Waals surface area contributed by atoms with E-state index in [1.165, 1.54) is 70.9 Å². The van der Waals surface area contributed by atoms with Crippen LogP contribution in [-0.4, -0.2) is 47.3 Å². The number of hydrogen-bond donors (Lipinski definition) is 1. The van der Waals surface area contributed by atoms with Gasteiger partial charge in [0.05, 0.1) is 6.10 Å². The van der Waals surface area contributed by atoms with Crippen LogP contribution in [0.15, 0.2) is 0 Å². The Morgan fingerprint density at radius 3 is 2.43 bits per heavy atom. The van der Waals surface area contributed by atoms with Crippen molar-refractivity contribution in [2.45, 2.75) is 110 Å². The number of likely N-dealkylation sites (tertiary alicyclic amines) is 1. The fraction of sp³-hybridized carbons (Fsp3) is 0.962. The van der Waals surface area contributed by atoms with Crippen LogP contribution in [-0.2, 0) is 9.53 Å². The van der Waals surface area contributed by atoms with Gasteiger partial charge in [0.15, 0.2) is 0 Å². The van der Waals surface area contributed by atoms with E-state index < -0.39 is 0 Å². The Morgan fingerprint density at radius 1 is 0.967 bits per heavy atom. The van der Waals surface area contributed by atoms with E-state index in [0.29, 0.717) is 17.4 Å². The van der Waals surface area contributed by atoms with Crippen molar-refractivity contribution < 1.29 is 14.6 Å². The number of carbonyl (C=O) groups is 1. The van der Waals surface area contributed by atoms with E-state index in [4.69, 9.17) is 4.74 Å². The zero-order valence-corrected chi connectivity index (χ0v) is 19.4. The fourth-order valence-electron chi connectivity index (χ4n) is 9.23. The van der Waals surface area contributed by atoms with Crippen LogP contribution in [0.25, 0.3) is 0 Å². The maximum absolute atomic E-state index is 11.6. The van der Waals surface area contributed by atoms with Gasteiger partial charge in [-0.05, 0) is 112 Å². The Morgan fingerprint density at radius 2 is 1.70 bits per heavy atom. The quantitative estimate of drug-likeness (QED) is 0.657. The van der Waals surface area contributed by atoms with E-state index in [9.17, 15) is 9.90 Å². The molecular formula is C26H43NO3. The third-order valence-electron chi connectivity index (χ3n) is 10.7. The molecule has 0 bridgehead atoms. The predicted octanol–water partition coefficient (Wildman–Crippen LogP) is 4.79. The molecule has 0 unspecified atom stereocenters. The van der Waals surface area contributed by atoms with E-state index in [2.05, 4.69) is 18.7 Å². The van der Waals surface area contributed by atoms with Crippen molar-refractivity contribution in [3.8, 4) is 0 Å². The zero-order chi connectivity index (χ0) is 21.1. The largest absolute Gasteiger partial charge is 0.463 e. The monoisotopic (exact) mass is 417 g/mol. The van der Waals surface area contributed by atoms with Crippen LogP contribution in [0, 0.1) is 34.5 Å². The zero-order valence-electron chi connectivity index (χ0n) is 19.4. The molecule has 1 aliphatic heterocycles. The topological polar surface area (TPSA) is 49.8 Å². The smallest absolute Gasteiger partial charge is 0.302 e. The molecule has 0 aromatic carbocycles. The number of piperidine rings is 1. The molecule has 9 atom stereocenters. The molecule has 5 fully saturated rings.